The molecule has 0 spiro atoms. The van der Waals surface area contributed by atoms with Gasteiger partial charge in [0, 0.05) is 25.8 Å². The Labute approximate surface area is 191 Å². The summed E-state index contributed by atoms with van der Waals surface area (Å²) in [4.78, 5) is 35.5. The topological polar surface area (TPSA) is 67.2 Å². The van der Waals surface area contributed by atoms with Crippen molar-refractivity contribution >= 4 is 51.7 Å². The fraction of sp³-hybridized carbons (Fsp3) is 0.455. The van der Waals surface area contributed by atoms with E-state index in [2.05, 4.69) is 4.90 Å². The van der Waals surface area contributed by atoms with E-state index in [1.807, 2.05) is 39.8 Å². The fourth-order valence-electron chi connectivity index (χ4n) is 4.07. The Morgan fingerprint density at radius 1 is 1.29 bits per heavy atom. The number of nitrogens with zero attached hydrogens (tertiary/aromatic N) is 4. The lowest BCUT2D eigenvalue weighted by molar-refractivity contribution is -0.122. The smallest absolute Gasteiger partial charge is 0.267 e. The van der Waals surface area contributed by atoms with E-state index in [0.717, 1.165) is 12.0 Å². The maximum Gasteiger partial charge on any atom is 0.267 e. The van der Waals surface area contributed by atoms with Crippen LogP contribution in [-0.4, -0.2) is 56.4 Å². The van der Waals surface area contributed by atoms with Gasteiger partial charge in [-0.1, -0.05) is 37.0 Å². The van der Waals surface area contributed by atoms with Gasteiger partial charge in [0.05, 0.1) is 22.7 Å². The SMILES string of the molecule is CCCN1C(=O)/C(=C\c2c(N3C[C@@H](C)O[C@@H](C)C3)nc3c(C)cccn3c2=O)SC1=S. The number of thiocarbonyl (C=S) groups is 1. The molecule has 2 aliphatic heterocycles. The summed E-state index contributed by atoms with van der Waals surface area (Å²) in [6.07, 6.45) is 4.21. The number of aryl methyl sites for hydroxylation is 1. The first-order chi connectivity index (χ1) is 14.8. The summed E-state index contributed by atoms with van der Waals surface area (Å²) in [5.74, 6) is 0.433. The minimum absolute atomic E-state index is 0.0106. The van der Waals surface area contributed by atoms with Crippen molar-refractivity contribution in [3.05, 3.63) is 44.7 Å². The number of aromatic nitrogens is 2. The van der Waals surface area contributed by atoms with Crippen molar-refractivity contribution in [2.24, 2.45) is 0 Å². The van der Waals surface area contributed by atoms with E-state index in [1.54, 1.807) is 21.6 Å². The summed E-state index contributed by atoms with van der Waals surface area (Å²) in [5, 5.41) is 0. The maximum atomic E-state index is 13.5. The van der Waals surface area contributed by atoms with Crippen LogP contribution < -0.4 is 10.5 Å². The van der Waals surface area contributed by atoms with Gasteiger partial charge in [0.2, 0.25) is 0 Å². The average Bonchev–Trinajstić information content (AvgIpc) is 2.97. The average molecular weight is 459 g/mol. The third kappa shape index (κ3) is 4.14. The van der Waals surface area contributed by atoms with Crippen molar-refractivity contribution in [2.45, 2.75) is 46.3 Å². The summed E-state index contributed by atoms with van der Waals surface area (Å²) in [6.45, 7) is 9.78. The van der Waals surface area contributed by atoms with Gasteiger partial charge in [-0.3, -0.25) is 18.9 Å². The number of hydrogen-bond acceptors (Lipinski definition) is 7. The fourth-order valence-corrected chi connectivity index (χ4v) is 5.36. The molecular formula is C22H26N4O3S2. The van der Waals surface area contributed by atoms with E-state index >= 15 is 0 Å². The van der Waals surface area contributed by atoms with Crippen molar-refractivity contribution in [3.8, 4) is 0 Å². The number of hydrogen-bond donors (Lipinski definition) is 0. The van der Waals surface area contributed by atoms with Crippen LogP contribution in [0.3, 0.4) is 0 Å². The highest BCUT2D eigenvalue weighted by Crippen LogP contribution is 2.34. The van der Waals surface area contributed by atoms with Crippen LogP contribution in [-0.2, 0) is 9.53 Å². The van der Waals surface area contributed by atoms with Gasteiger partial charge >= 0.3 is 0 Å². The van der Waals surface area contributed by atoms with E-state index in [-0.39, 0.29) is 23.7 Å². The maximum absolute atomic E-state index is 13.5. The van der Waals surface area contributed by atoms with Crippen molar-refractivity contribution in [2.75, 3.05) is 24.5 Å². The number of rotatable bonds is 4. The number of thioether (sulfide) groups is 1. The van der Waals surface area contributed by atoms with Gasteiger partial charge in [-0.25, -0.2) is 4.98 Å². The lowest BCUT2D eigenvalue weighted by Gasteiger charge is -2.36. The van der Waals surface area contributed by atoms with Crippen LogP contribution in [0.1, 0.15) is 38.3 Å². The van der Waals surface area contributed by atoms with E-state index in [1.165, 1.54) is 11.8 Å². The van der Waals surface area contributed by atoms with Gasteiger partial charge in [0.15, 0.2) is 0 Å². The summed E-state index contributed by atoms with van der Waals surface area (Å²) >= 11 is 6.63. The normalized spacial score (nSPS) is 23.4. The number of carbonyl (C=O) groups excluding carboxylic acids is 1. The zero-order valence-electron chi connectivity index (χ0n) is 18.1. The molecule has 0 bridgehead atoms. The number of amides is 1. The first kappa shape index (κ1) is 22.0. The molecule has 31 heavy (non-hydrogen) atoms. The predicted octanol–water partition coefficient (Wildman–Crippen LogP) is 3.23. The highest BCUT2D eigenvalue weighted by Gasteiger charge is 2.33. The summed E-state index contributed by atoms with van der Waals surface area (Å²) < 4.78 is 7.95. The zero-order chi connectivity index (χ0) is 22.3. The Kier molecular flexibility index (Phi) is 6.18. The van der Waals surface area contributed by atoms with Gasteiger partial charge in [-0.05, 0) is 44.9 Å². The van der Waals surface area contributed by atoms with Crippen molar-refractivity contribution in [1.29, 1.82) is 0 Å². The number of anilines is 1. The molecule has 164 valence electrons. The molecular weight excluding hydrogens is 432 g/mol. The van der Waals surface area contributed by atoms with Gasteiger partial charge < -0.3 is 9.64 Å². The first-order valence-corrected chi connectivity index (χ1v) is 11.7. The van der Waals surface area contributed by atoms with E-state index in [9.17, 15) is 9.59 Å². The van der Waals surface area contributed by atoms with Crippen LogP contribution in [0.2, 0.25) is 0 Å². The minimum atomic E-state index is -0.198. The molecule has 1 amide bonds. The van der Waals surface area contributed by atoms with E-state index in [0.29, 0.717) is 45.9 Å². The Morgan fingerprint density at radius 2 is 2.00 bits per heavy atom. The number of morpholine rings is 1. The highest BCUT2D eigenvalue weighted by molar-refractivity contribution is 8.26. The summed E-state index contributed by atoms with van der Waals surface area (Å²) in [6, 6.07) is 3.76. The van der Waals surface area contributed by atoms with Gasteiger partial charge in [0.25, 0.3) is 11.5 Å². The quantitative estimate of drug-likeness (QED) is 0.515. The van der Waals surface area contributed by atoms with Crippen LogP contribution in [0, 0.1) is 6.92 Å². The molecule has 2 fully saturated rings. The molecule has 4 rings (SSSR count). The van der Waals surface area contributed by atoms with Gasteiger partial charge in [-0.2, -0.15) is 0 Å². The molecule has 2 aromatic heterocycles. The molecule has 7 nitrogen and oxygen atoms in total. The number of ether oxygens (including phenoxy) is 1. The molecule has 0 unspecified atom stereocenters. The molecule has 0 aromatic carbocycles. The Morgan fingerprint density at radius 3 is 2.68 bits per heavy atom. The van der Waals surface area contributed by atoms with Crippen LogP contribution in [0.25, 0.3) is 11.7 Å². The third-order valence-corrected chi connectivity index (χ3v) is 6.76. The molecule has 2 aromatic rings. The van der Waals surface area contributed by atoms with Gasteiger partial charge in [-0.15, -0.1) is 0 Å². The molecule has 0 N–H and O–H groups in total. The van der Waals surface area contributed by atoms with Crippen LogP contribution in [0.4, 0.5) is 5.82 Å². The minimum Gasteiger partial charge on any atom is -0.372 e. The number of pyridine rings is 1. The molecule has 0 aliphatic carbocycles. The molecule has 2 saturated heterocycles. The Bertz CT molecular complexity index is 1130. The van der Waals surface area contributed by atoms with Crippen molar-refractivity contribution < 1.29 is 9.53 Å². The largest absolute Gasteiger partial charge is 0.372 e. The molecule has 0 saturated carbocycles. The van der Waals surface area contributed by atoms with E-state index in [4.69, 9.17) is 21.9 Å². The van der Waals surface area contributed by atoms with Crippen LogP contribution in [0.15, 0.2) is 28.0 Å². The monoisotopic (exact) mass is 458 g/mol. The molecule has 9 heteroatoms. The number of carbonyl (C=O) groups is 1. The second-order valence-corrected chi connectivity index (χ2v) is 9.71. The van der Waals surface area contributed by atoms with Gasteiger partial charge in [0.1, 0.15) is 15.8 Å². The first-order valence-electron chi connectivity index (χ1n) is 10.5. The molecule has 2 atom stereocenters. The second-order valence-electron chi connectivity index (χ2n) is 8.03. The zero-order valence-corrected chi connectivity index (χ0v) is 19.8. The summed E-state index contributed by atoms with van der Waals surface area (Å²) in [5.41, 5.74) is 1.73. The Hall–Kier alpha value is -2.23. The molecule has 0 radical (unpaired) electrons. The third-order valence-electron chi connectivity index (χ3n) is 5.38. The standard InChI is InChI=1S/C22H26N4O3S2/c1-5-8-26-21(28)17(31-22(26)30)10-16-19(24-11-14(3)29-15(4)12-24)23-18-13(2)7-6-9-25(18)20(16)27/h6-7,9-10,14-15H,5,8,11-12H2,1-4H3/b17-10+/t14-,15+. The van der Waals surface area contributed by atoms with Crippen LogP contribution in [0.5, 0.6) is 0 Å². The highest BCUT2D eigenvalue weighted by atomic mass is 32.2. The van der Waals surface area contributed by atoms with Crippen molar-refractivity contribution in [3.63, 3.8) is 0 Å². The van der Waals surface area contributed by atoms with E-state index < -0.39 is 0 Å². The lowest BCUT2D eigenvalue weighted by atomic mass is 10.1. The lowest BCUT2D eigenvalue weighted by Crippen LogP contribution is -2.46. The summed E-state index contributed by atoms with van der Waals surface area (Å²) in [7, 11) is 0. The molecule has 2 aliphatic rings. The van der Waals surface area contributed by atoms with Crippen molar-refractivity contribution in [1.82, 2.24) is 14.3 Å². The predicted molar refractivity (Wildman–Crippen MR) is 129 cm³/mol. The Balaban J connectivity index is 1.89. The molecule has 4 heterocycles. The number of fused-ring (bicyclic) bond motifs is 1. The van der Waals surface area contributed by atoms with Crippen LogP contribution >= 0.6 is 24.0 Å². The second kappa shape index (κ2) is 8.72.